The summed E-state index contributed by atoms with van der Waals surface area (Å²) in [4.78, 5) is 26.1. The van der Waals surface area contributed by atoms with Crippen molar-refractivity contribution in [1.29, 1.82) is 0 Å². The minimum atomic E-state index is -0.215. The standard InChI is InChI=1S/C29H24N2O3/c32-28-26-22-12-13-23(25-14-24(22)25)27(26)29(33)31(28)30-15-17-8-10-20(11-9-17)34-16-19-6-3-5-18-4-1-2-7-21(18)19/h1-13,15,22-27H,14,16H2/b30-15-/t22-,23-,24-,25+,26+,27+/m1/s1. The second-order valence-electron chi connectivity index (χ2n) is 9.88. The van der Waals surface area contributed by atoms with Gasteiger partial charge in [-0.05, 0) is 76.3 Å². The van der Waals surface area contributed by atoms with Gasteiger partial charge in [-0.2, -0.15) is 10.1 Å². The van der Waals surface area contributed by atoms with Gasteiger partial charge in [0.1, 0.15) is 12.4 Å². The summed E-state index contributed by atoms with van der Waals surface area (Å²) in [5.41, 5.74) is 1.95. The molecule has 168 valence electrons. The molecule has 6 atom stereocenters. The van der Waals surface area contributed by atoms with Gasteiger partial charge in [-0.1, -0.05) is 54.6 Å². The average Bonchev–Trinajstić information content (AvgIpc) is 3.66. The first kappa shape index (κ1) is 19.7. The zero-order valence-electron chi connectivity index (χ0n) is 18.6. The van der Waals surface area contributed by atoms with Crippen LogP contribution in [0.4, 0.5) is 0 Å². The van der Waals surface area contributed by atoms with Crippen LogP contribution in [-0.4, -0.2) is 23.0 Å². The van der Waals surface area contributed by atoms with E-state index in [1.807, 2.05) is 42.5 Å². The van der Waals surface area contributed by atoms with Gasteiger partial charge >= 0.3 is 0 Å². The fraction of sp³-hybridized carbons (Fsp3) is 0.276. The molecule has 0 radical (unpaired) electrons. The summed E-state index contributed by atoms with van der Waals surface area (Å²) in [5, 5.41) is 7.82. The Morgan fingerprint density at radius 1 is 0.853 bits per heavy atom. The van der Waals surface area contributed by atoms with Gasteiger partial charge in [0.2, 0.25) is 0 Å². The molecular formula is C29H24N2O3. The molecule has 1 saturated heterocycles. The van der Waals surface area contributed by atoms with Crippen molar-refractivity contribution in [3.05, 3.63) is 90.0 Å². The predicted molar refractivity (Wildman–Crippen MR) is 129 cm³/mol. The third-order valence-corrected chi connectivity index (χ3v) is 8.12. The SMILES string of the molecule is O=C1[C@H]2[C@@H]3C=C[C@H]([C@@H]4C[C@H]34)[C@@H]2C(=O)N1/N=C\c1ccc(OCc2cccc3ccccc23)cc1. The number of ether oxygens (including phenoxy) is 1. The minimum absolute atomic E-state index is 0.133. The van der Waals surface area contributed by atoms with Crippen LogP contribution in [0.25, 0.3) is 10.8 Å². The maximum Gasteiger partial charge on any atom is 0.254 e. The van der Waals surface area contributed by atoms with Crippen molar-refractivity contribution < 1.29 is 14.3 Å². The number of amides is 2. The molecule has 2 bridgehead atoms. The maximum atomic E-state index is 13.0. The molecule has 5 nitrogen and oxygen atoms in total. The lowest BCUT2D eigenvalue weighted by Crippen LogP contribution is -2.40. The predicted octanol–water partition coefficient (Wildman–Crippen LogP) is 4.81. The highest BCUT2D eigenvalue weighted by Crippen LogP contribution is 2.65. The Bertz CT molecular complexity index is 1330. The lowest BCUT2D eigenvalue weighted by molar-refractivity contribution is -0.140. The Morgan fingerprint density at radius 3 is 2.26 bits per heavy atom. The highest BCUT2D eigenvalue weighted by atomic mass is 16.5. The van der Waals surface area contributed by atoms with E-state index in [1.54, 1.807) is 6.21 Å². The van der Waals surface area contributed by atoms with Crippen molar-refractivity contribution in [3.8, 4) is 5.75 Å². The molecule has 3 fully saturated rings. The van der Waals surface area contributed by atoms with Gasteiger partial charge in [0.25, 0.3) is 11.8 Å². The summed E-state index contributed by atoms with van der Waals surface area (Å²) in [6, 6.07) is 22.1. The van der Waals surface area contributed by atoms with E-state index in [1.165, 1.54) is 10.8 Å². The lowest BCUT2D eigenvalue weighted by atomic mass is 9.63. The molecule has 4 aliphatic carbocycles. The second kappa shape index (κ2) is 7.39. The number of carbonyl (C=O) groups is 2. The second-order valence-corrected chi connectivity index (χ2v) is 9.88. The monoisotopic (exact) mass is 448 g/mol. The van der Waals surface area contributed by atoms with Crippen LogP contribution in [0.15, 0.2) is 84.0 Å². The number of hydrazone groups is 1. The largest absolute Gasteiger partial charge is 0.489 e. The summed E-state index contributed by atoms with van der Waals surface area (Å²) in [6.45, 7) is 0.479. The molecule has 0 spiro atoms. The van der Waals surface area contributed by atoms with E-state index in [4.69, 9.17) is 4.74 Å². The van der Waals surface area contributed by atoms with Crippen molar-refractivity contribution in [2.45, 2.75) is 13.0 Å². The van der Waals surface area contributed by atoms with E-state index >= 15 is 0 Å². The summed E-state index contributed by atoms with van der Waals surface area (Å²) >= 11 is 0. The van der Waals surface area contributed by atoms with E-state index in [0.717, 1.165) is 28.3 Å². The molecule has 5 aliphatic rings. The van der Waals surface area contributed by atoms with Crippen LogP contribution in [0.3, 0.4) is 0 Å². The van der Waals surface area contributed by atoms with Gasteiger partial charge in [0, 0.05) is 0 Å². The Morgan fingerprint density at radius 2 is 1.53 bits per heavy atom. The molecule has 3 aromatic rings. The zero-order valence-corrected chi connectivity index (χ0v) is 18.6. The fourth-order valence-electron chi connectivity index (χ4n) is 6.41. The van der Waals surface area contributed by atoms with Crippen molar-refractivity contribution in [2.75, 3.05) is 0 Å². The Kier molecular flexibility index (Phi) is 4.28. The quantitative estimate of drug-likeness (QED) is 0.320. The number of rotatable bonds is 5. The van der Waals surface area contributed by atoms with Crippen LogP contribution < -0.4 is 4.74 Å². The molecular weight excluding hydrogens is 424 g/mol. The Balaban J connectivity index is 1.04. The molecule has 1 aliphatic heterocycles. The van der Waals surface area contributed by atoms with Gasteiger partial charge in [-0.25, -0.2) is 0 Å². The summed E-state index contributed by atoms with van der Waals surface area (Å²) in [7, 11) is 0. The number of nitrogens with zero attached hydrogens (tertiary/aromatic N) is 2. The van der Waals surface area contributed by atoms with Gasteiger partial charge in [-0.3, -0.25) is 9.59 Å². The van der Waals surface area contributed by atoms with Gasteiger partial charge < -0.3 is 4.74 Å². The molecule has 0 aromatic heterocycles. The summed E-state index contributed by atoms with van der Waals surface area (Å²) in [5.74, 6) is 1.69. The number of fused-ring (bicyclic) bond motifs is 1. The molecule has 0 unspecified atom stereocenters. The van der Waals surface area contributed by atoms with Crippen LogP contribution in [0, 0.1) is 35.5 Å². The number of hydrogen-bond acceptors (Lipinski definition) is 4. The Labute approximate surface area is 197 Å². The minimum Gasteiger partial charge on any atom is -0.489 e. The number of allylic oxidation sites excluding steroid dienone is 2. The van der Waals surface area contributed by atoms with Crippen LogP contribution in [0.5, 0.6) is 5.75 Å². The number of carbonyl (C=O) groups excluding carboxylic acids is 2. The first-order valence-corrected chi connectivity index (χ1v) is 12.0. The van der Waals surface area contributed by atoms with Crippen LogP contribution in [-0.2, 0) is 16.2 Å². The average molecular weight is 449 g/mol. The third-order valence-electron chi connectivity index (χ3n) is 8.12. The van der Waals surface area contributed by atoms with Gasteiger partial charge in [0.15, 0.2) is 0 Å². The van der Waals surface area contributed by atoms with E-state index < -0.39 is 0 Å². The molecule has 1 heterocycles. The van der Waals surface area contributed by atoms with Crippen molar-refractivity contribution in [2.24, 2.45) is 40.6 Å². The number of imide groups is 1. The van der Waals surface area contributed by atoms with E-state index in [0.29, 0.717) is 18.4 Å². The van der Waals surface area contributed by atoms with Crippen LogP contribution >= 0.6 is 0 Å². The maximum absolute atomic E-state index is 13.0. The van der Waals surface area contributed by atoms with Crippen LogP contribution in [0.2, 0.25) is 0 Å². The van der Waals surface area contributed by atoms with Gasteiger partial charge in [0.05, 0.1) is 18.1 Å². The molecule has 34 heavy (non-hydrogen) atoms. The molecule has 0 N–H and O–H groups in total. The summed E-state index contributed by atoms with van der Waals surface area (Å²) in [6.07, 6.45) is 7.11. The number of hydrogen-bond donors (Lipinski definition) is 0. The lowest BCUT2D eigenvalue weighted by Gasteiger charge is -2.37. The van der Waals surface area contributed by atoms with E-state index in [-0.39, 0.29) is 35.5 Å². The third kappa shape index (κ3) is 2.96. The smallest absolute Gasteiger partial charge is 0.254 e. The zero-order chi connectivity index (χ0) is 22.8. The summed E-state index contributed by atoms with van der Waals surface area (Å²) < 4.78 is 6.01. The number of benzene rings is 3. The first-order chi connectivity index (χ1) is 16.7. The normalized spacial score (nSPS) is 30.8. The van der Waals surface area contributed by atoms with Crippen LogP contribution in [0.1, 0.15) is 17.5 Å². The van der Waals surface area contributed by atoms with E-state index in [2.05, 4.69) is 41.5 Å². The molecule has 5 heteroatoms. The van der Waals surface area contributed by atoms with Gasteiger partial charge in [-0.15, -0.1) is 0 Å². The molecule has 2 amide bonds. The highest BCUT2D eigenvalue weighted by Gasteiger charge is 2.67. The highest BCUT2D eigenvalue weighted by molar-refractivity contribution is 6.06. The van der Waals surface area contributed by atoms with Crippen molar-refractivity contribution in [1.82, 2.24) is 5.01 Å². The Hall–Kier alpha value is -3.73. The van der Waals surface area contributed by atoms with Crippen molar-refractivity contribution >= 4 is 28.8 Å². The fourth-order valence-corrected chi connectivity index (χ4v) is 6.41. The molecule has 3 aromatic carbocycles. The van der Waals surface area contributed by atoms with Crippen molar-refractivity contribution in [3.63, 3.8) is 0 Å². The topological polar surface area (TPSA) is 59.0 Å². The first-order valence-electron chi connectivity index (χ1n) is 12.0. The molecule has 8 rings (SSSR count). The molecule has 2 saturated carbocycles. The van der Waals surface area contributed by atoms with E-state index in [9.17, 15) is 9.59 Å².